The van der Waals surface area contributed by atoms with Gasteiger partial charge in [0.25, 0.3) is 0 Å². The number of amides is 1. The third-order valence-corrected chi connectivity index (χ3v) is 5.55. The maximum absolute atomic E-state index is 13.5. The van der Waals surface area contributed by atoms with E-state index in [1.807, 2.05) is 18.2 Å². The average molecular weight is 409 g/mol. The predicted octanol–water partition coefficient (Wildman–Crippen LogP) is 2.93. The minimum Gasteiger partial charge on any atom is -0.469 e. The molecule has 0 aliphatic carbocycles. The van der Waals surface area contributed by atoms with Crippen molar-refractivity contribution in [2.75, 3.05) is 26.7 Å². The van der Waals surface area contributed by atoms with Gasteiger partial charge in [-0.15, -0.1) is 0 Å². The molecule has 0 saturated carbocycles. The summed E-state index contributed by atoms with van der Waals surface area (Å²) in [4.78, 5) is 29.4. The largest absolute Gasteiger partial charge is 0.469 e. The number of fused-ring (bicyclic) bond motifs is 3. The van der Waals surface area contributed by atoms with E-state index in [9.17, 15) is 14.0 Å². The van der Waals surface area contributed by atoms with Gasteiger partial charge in [0.15, 0.2) is 0 Å². The van der Waals surface area contributed by atoms with E-state index >= 15 is 0 Å². The van der Waals surface area contributed by atoms with E-state index in [0.717, 1.165) is 23.2 Å². The van der Waals surface area contributed by atoms with Crippen molar-refractivity contribution in [1.82, 2.24) is 15.2 Å². The lowest BCUT2D eigenvalue weighted by atomic mass is 9.92. The Morgan fingerprint density at radius 3 is 2.73 bits per heavy atom. The number of H-pyrrole nitrogens is 1. The second-order valence-corrected chi connectivity index (χ2v) is 7.41. The molecule has 2 N–H and O–H groups in total. The molecule has 2 heterocycles. The highest BCUT2D eigenvalue weighted by Gasteiger charge is 2.32. The van der Waals surface area contributed by atoms with Crippen LogP contribution < -0.4 is 5.32 Å². The summed E-state index contributed by atoms with van der Waals surface area (Å²) >= 11 is 0. The van der Waals surface area contributed by atoms with Crippen molar-refractivity contribution in [2.45, 2.75) is 18.9 Å². The number of aromatic amines is 1. The lowest BCUT2D eigenvalue weighted by Gasteiger charge is -2.35. The molecule has 156 valence electrons. The van der Waals surface area contributed by atoms with Crippen LogP contribution in [0.1, 0.15) is 29.3 Å². The maximum Gasteiger partial charge on any atom is 0.307 e. The van der Waals surface area contributed by atoms with Gasteiger partial charge in [-0.3, -0.25) is 14.5 Å². The zero-order chi connectivity index (χ0) is 21.1. The fraction of sp³-hybridized carbons (Fsp3) is 0.304. The van der Waals surface area contributed by atoms with E-state index in [-0.39, 0.29) is 43.2 Å². The molecule has 1 atom stereocenters. The summed E-state index contributed by atoms with van der Waals surface area (Å²) in [6.07, 6.45) is 0.947. The number of rotatable bonds is 6. The topological polar surface area (TPSA) is 74.4 Å². The highest BCUT2D eigenvalue weighted by molar-refractivity contribution is 5.85. The molecule has 1 aliphatic rings. The number of methoxy groups -OCH3 is 1. The Labute approximate surface area is 174 Å². The van der Waals surface area contributed by atoms with Gasteiger partial charge >= 0.3 is 5.97 Å². The summed E-state index contributed by atoms with van der Waals surface area (Å²) in [6.45, 7) is 1.11. The summed E-state index contributed by atoms with van der Waals surface area (Å²) in [5.41, 5.74) is 4.25. The normalized spacial score (nSPS) is 16.3. The summed E-state index contributed by atoms with van der Waals surface area (Å²) in [5, 5.41) is 3.96. The van der Waals surface area contributed by atoms with Crippen LogP contribution in [0.3, 0.4) is 0 Å². The quantitative estimate of drug-likeness (QED) is 0.614. The van der Waals surface area contributed by atoms with E-state index in [4.69, 9.17) is 0 Å². The third kappa shape index (κ3) is 4.07. The lowest BCUT2D eigenvalue weighted by molar-refractivity contribution is -0.140. The SMILES string of the molecule is COC(=O)CCNC(=O)CN1CCc2c([nH]c3ccccc23)C1c1ccc(F)cc1. The smallest absolute Gasteiger partial charge is 0.307 e. The minimum absolute atomic E-state index is 0.135. The Bertz CT molecular complexity index is 1060. The van der Waals surface area contributed by atoms with E-state index in [1.165, 1.54) is 30.2 Å². The molecule has 0 saturated heterocycles. The second kappa shape index (κ2) is 8.67. The number of hydrogen-bond acceptors (Lipinski definition) is 4. The van der Waals surface area contributed by atoms with Crippen molar-refractivity contribution in [1.29, 1.82) is 0 Å². The Balaban J connectivity index is 1.60. The Kier molecular flexibility index (Phi) is 5.81. The van der Waals surface area contributed by atoms with Crippen molar-refractivity contribution in [3.8, 4) is 0 Å². The first kappa shape index (κ1) is 20.1. The summed E-state index contributed by atoms with van der Waals surface area (Å²) in [7, 11) is 1.32. The van der Waals surface area contributed by atoms with Crippen molar-refractivity contribution in [3.05, 3.63) is 71.2 Å². The van der Waals surface area contributed by atoms with E-state index < -0.39 is 0 Å². The van der Waals surface area contributed by atoms with Crippen LogP contribution in [0.2, 0.25) is 0 Å². The minimum atomic E-state index is -0.361. The molecule has 4 rings (SSSR count). The molecule has 6 nitrogen and oxygen atoms in total. The number of halogens is 1. The molecule has 0 spiro atoms. The molecule has 7 heteroatoms. The average Bonchev–Trinajstić information content (AvgIpc) is 3.13. The number of carbonyl (C=O) groups is 2. The highest BCUT2D eigenvalue weighted by Crippen LogP contribution is 2.38. The van der Waals surface area contributed by atoms with Crippen molar-refractivity contribution in [3.63, 3.8) is 0 Å². The summed E-state index contributed by atoms with van der Waals surface area (Å²) in [6, 6.07) is 14.4. The number of para-hydroxylation sites is 1. The number of ether oxygens (including phenoxy) is 1. The number of hydrogen-bond donors (Lipinski definition) is 2. The van der Waals surface area contributed by atoms with E-state index in [1.54, 1.807) is 12.1 Å². The molecule has 0 fully saturated rings. The predicted molar refractivity (Wildman–Crippen MR) is 111 cm³/mol. The molecule has 0 radical (unpaired) electrons. The van der Waals surface area contributed by atoms with Gasteiger partial charge in [-0.05, 0) is 35.7 Å². The van der Waals surface area contributed by atoms with Crippen LogP contribution in [0, 0.1) is 5.82 Å². The molecule has 1 amide bonds. The third-order valence-electron chi connectivity index (χ3n) is 5.55. The number of nitrogens with one attached hydrogen (secondary N) is 2. The van der Waals surface area contributed by atoms with Gasteiger partial charge in [0, 0.05) is 29.7 Å². The summed E-state index contributed by atoms with van der Waals surface area (Å²) < 4.78 is 18.1. The zero-order valence-corrected chi connectivity index (χ0v) is 16.8. The molecule has 0 bridgehead atoms. The monoisotopic (exact) mass is 409 g/mol. The molecule has 30 heavy (non-hydrogen) atoms. The Morgan fingerprint density at radius 2 is 1.97 bits per heavy atom. The first-order chi connectivity index (χ1) is 14.6. The van der Waals surface area contributed by atoms with Gasteiger partial charge in [-0.2, -0.15) is 0 Å². The molecular weight excluding hydrogens is 385 g/mol. The van der Waals surface area contributed by atoms with E-state index in [0.29, 0.717) is 6.54 Å². The van der Waals surface area contributed by atoms with Crippen LogP contribution in [0.15, 0.2) is 48.5 Å². The van der Waals surface area contributed by atoms with Gasteiger partial charge in [-0.25, -0.2) is 4.39 Å². The van der Waals surface area contributed by atoms with Gasteiger partial charge in [0.05, 0.1) is 26.1 Å². The first-order valence-corrected chi connectivity index (χ1v) is 9.99. The van der Waals surface area contributed by atoms with Crippen molar-refractivity contribution in [2.24, 2.45) is 0 Å². The van der Waals surface area contributed by atoms with Crippen molar-refractivity contribution < 1.29 is 18.7 Å². The van der Waals surface area contributed by atoms with Crippen LogP contribution in [0.5, 0.6) is 0 Å². The number of nitrogens with zero attached hydrogens (tertiary/aromatic N) is 1. The molecule has 2 aromatic carbocycles. The molecule has 1 aromatic heterocycles. The zero-order valence-electron chi connectivity index (χ0n) is 16.8. The van der Waals surface area contributed by atoms with E-state index in [2.05, 4.69) is 26.0 Å². The molecule has 1 unspecified atom stereocenters. The van der Waals surface area contributed by atoms with Gasteiger partial charge in [-0.1, -0.05) is 30.3 Å². The lowest BCUT2D eigenvalue weighted by Crippen LogP contribution is -2.43. The maximum atomic E-state index is 13.5. The van der Waals surface area contributed by atoms with Crippen LogP contribution in [-0.2, 0) is 20.7 Å². The van der Waals surface area contributed by atoms with Crippen LogP contribution in [-0.4, -0.2) is 48.5 Å². The van der Waals surface area contributed by atoms with Crippen LogP contribution >= 0.6 is 0 Å². The fourth-order valence-corrected chi connectivity index (χ4v) is 4.13. The number of carbonyl (C=O) groups excluding carboxylic acids is 2. The van der Waals surface area contributed by atoms with Crippen LogP contribution in [0.25, 0.3) is 10.9 Å². The number of benzene rings is 2. The molecular formula is C23H24FN3O3. The van der Waals surface area contributed by atoms with Gasteiger partial charge in [0.2, 0.25) is 5.91 Å². The number of esters is 1. The fourth-order valence-electron chi connectivity index (χ4n) is 4.13. The van der Waals surface area contributed by atoms with Gasteiger partial charge < -0.3 is 15.0 Å². The van der Waals surface area contributed by atoms with Gasteiger partial charge in [0.1, 0.15) is 5.82 Å². The Hall–Kier alpha value is -3.19. The summed E-state index contributed by atoms with van der Waals surface area (Å²) in [5.74, 6) is -0.815. The van der Waals surface area contributed by atoms with Crippen LogP contribution in [0.4, 0.5) is 4.39 Å². The Morgan fingerprint density at radius 1 is 1.20 bits per heavy atom. The molecule has 1 aliphatic heterocycles. The first-order valence-electron chi connectivity index (χ1n) is 9.99. The standard InChI is InChI=1S/C23H24FN3O3/c1-30-21(29)10-12-25-20(28)14-27-13-11-18-17-4-2-3-5-19(17)26-22(18)23(27)15-6-8-16(24)9-7-15/h2-9,23,26H,10-14H2,1H3,(H,25,28). The molecule has 3 aromatic rings. The second-order valence-electron chi connectivity index (χ2n) is 7.41. The number of aromatic nitrogens is 1. The highest BCUT2D eigenvalue weighted by atomic mass is 19.1. The van der Waals surface area contributed by atoms with Crippen molar-refractivity contribution >= 4 is 22.8 Å².